The molecule has 0 atom stereocenters. The molecule has 0 aliphatic carbocycles. The van der Waals surface area contributed by atoms with Crippen LogP contribution in [0.1, 0.15) is 5.56 Å². The number of aromatic hydroxyl groups is 1. The first-order valence-electron chi connectivity index (χ1n) is 6.95. The minimum Gasteiger partial charge on any atom is -0.508 e. The van der Waals surface area contributed by atoms with Gasteiger partial charge in [0.25, 0.3) is 5.91 Å². The molecule has 1 aromatic heterocycles. The summed E-state index contributed by atoms with van der Waals surface area (Å²) in [7, 11) is 0. The number of H-pyrrole nitrogens is 1. The molecule has 0 saturated carbocycles. The molecule has 1 amide bonds. The summed E-state index contributed by atoms with van der Waals surface area (Å²) in [5.41, 5.74) is 2.23. The summed E-state index contributed by atoms with van der Waals surface area (Å²) in [5, 5.41) is 22.1. The van der Waals surface area contributed by atoms with Crippen molar-refractivity contribution in [3.05, 3.63) is 65.9 Å². The number of nitrogens with one attached hydrogen (secondary N) is 2. The minimum atomic E-state index is -0.497. The van der Waals surface area contributed by atoms with E-state index in [-0.39, 0.29) is 11.3 Å². The number of aromatic nitrogens is 1. The maximum Gasteiger partial charge on any atom is 0.266 e. The number of nitriles is 1. The zero-order valence-electron chi connectivity index (χ0n) is 12.1. The van der Waals surface area contributed by atoms with Gasteiger partial charge in [-0.25, -0.2) is 0 Å². The molecule has 5 heteroatoms. The second kappa shape index (κ2) is 6.08. The highest BCUT2D eigenvalue weighted by atomic mass is 16.3. The molecule has 0 saturated heterocycles. The number of amides is 1. The van der Waals surface area contributed by atoms with Gasteiger partial charge in [0.2, 0.25) is 0 Å². The van der Waals surface area contributed by atoms with Crippen molar-refractivity contribution in [3.8, 4) is 11.8 Å². The van der Waals surface area contributed by atoms with Crippen molar-refractivity contribution in [1.29, 1.82) is 5.26 Å². The summed E-state index contributed by atoms with van der Waals surface area (Å²) in [6.45, 7) is 0. The van der Waals surface area contributed by atoms with Gasteiger partial charge in [-0.15, -0.1) is 0 Å². The van der Waals surface area contributed by atoms with Crippen LogP contribution < -0.4 is 5.32 Å². The van der Waals surface area contributed by atoms with Gasteiger partial charge in [0.1, 0.15) is 17.4 Å². The Morgan fingerprint density at radius 1 is 1.17 bits per heavy atom. The third-order valence-corrected chi connectivity index (χ3v) is 3.41. The van der Waals surface area contributed by atoms with Crippen LogP contribution in [-0.2, 0) is 4.79 Å². The lowest BCUT2D eigenvalue weighted by atomic mass is 10.1. The zero-order valence-corrected chi connectivity index (χ0v) is 12.1. The number of carbonyl (C=O) groups is 1. The Kier molecular flexibility index (Phi) is 3.81. The fourth-order valence-corrected chi connectivity index (χ4v) is 2.26. The second-order valence-corrected chi connectivity index (χ2v) is 4.96. The average Bonchev–Trinajstić information content (AvgIpc) is 2.97. The number of fused-ring (bicyclic) bond motifs is 1. The molecule has 0 fully saturated rings. The van der Waals surface area contributed by atoms with Crippen molar-refractivity contribution in [2.45, 2.75) is 0 Å². The molecule has 1 heterocycles. The highest BCUT2D eigenvalue weighted by molar-refractivity contribution is 6.10. The molecular formula is C18H13N3O2. The molecule has 0 aliphatic heterocycles. The van der Waals surface area contributed by atoms with Crippen molar-refractivity contribution in [1.82, 2.24) is 4.98 Å². The van der Waals surface area contributed by atoms with Crippen LogP contribution in [0, 0.1) is 11.3 Å². The first-order valence-corrected chi connectivity index (χ1v) is 6.95. The van der Waals surface area contributed by atoms with E-state index >= 15 is 0 Å². The molecule has 0 bridgehead atoms. The van der Waals surface area contributed by atoms with Crippen LogP contribution in [0.25, 0.3) is 17.0 Å². The number of phenols is 1. The number of carbonyl (C=O) groups excluding carboxylic acids is 1. The van der Waals surface area contributed by atoms with E-state index in [9.17, 15) is 15.2 Å². The maximum atomic E-state index is 12.2. The third-order valence-electron chi connectivity index (χ3n) is 3.41. The Morgan fingerprint density at radius 2 is 1.91 bits per heavy atom. The van der Waals surface area contributed by atoms with Crippen molar-refractivity contribution >= 4 is 28.6 Å². The third kappa shape index (κ3) is 3.06. The van der Waals surface area contributed by atoms with Crippen molar-refractivity contribution < 1.29 is 9.90 Å². The number of nitrogens with zero attached hydrogens (tertiary/aromatic N) is 1. The Hall–Kier alpha value is -3.52. The Bertz CT molecular complexity index is 931. The summed E-state index contributed by atoms with van der Waals surface area (Å²) in [4.78, 5) is 15.3. The number of benzene rings is 2. The first-order chi connectivity index (χ1) is 11.2. The lowest BCUT2D eigenvalue weighted by Crippen LogP contribution is -2.13. The molecule has 3 aromatic rings. The number of para-hydroxylation sites is 1. The number of hydrogen-bond acceptors (Lipinski definition) is 3. The summed E-state index contributed by atoms with van der Waals surface area (Å²) < 4.78 is 0. The highest BCUT2D eigenvalue weighted by Gasteiger charge is 2.11. The predicted molar refractivity (Wildman–Crippen MR) is 88.6 cm³/mol. The van der Waals surface area contributed by atoms with Crippen LogP contribution in [0.5, 0.6) is 5.75 Å². The van der Waals surface area contributed by atoms with Crippen LogP contribution in [0.4, 0.5) is 5.69 Å². The quantitative estimate of drug-likeness (QED) is 0.393. The van der Waals surface area contributed by atoms with E-state index in [2.05, 4.69) is 10.3 Å². The summed E-state index contributed by atoms with van der Waals surface area (Å²) in [6.07, 6.45) is 3.31. The average molecular weight is 303 g/mol. The fourth-order valence-electron chi connectivity index (χ4n) is 2.26. The van der Waals surface area contributed by atoms with Gasteiger partial charge < -0.3 is 15.4 Å². The highest BCUT2D eigenvalue weighted by Crippen LogP contribution is 2.21. The molecule has 3 N–H and O–H groups in total. The number of hydrogen-bond donors (Lipinski definition) is 3. The molecule has 0 radical (unpaired) electrons. The van der Waals surface area contributed by atoms with E-state index in [0.717, 1.165) is 16.5 Å². The number of aromatic amines is 1. The van der Waals surface area contributed by atoms with E-state index in [1.807, 2.05) is 30.3 Å². The van der Waals surface area contributed by atoms with Crippen LogP contribution >= 0.6 is 0 Å². The zero-order chi connectivity index (χ0) is 16.2. The Morgan fingerprint density at radius 3 is 2.65 bits per heavy atom. The second-order valence-electron chi connectivity index (χ2n) is 4.96. The van der Waals surface area contributed by atoms with Gasteiger partial charge in [-0.05, 0) is 36.4 Å². The monoisotopic (exact) mass is 303 g/mol. The largest absolute Gasteiger partial charge is 0.508 e. The summed E-state index contributed by atoms with van der Waals surface area (Å²) >= 11 is 0. The number of anilines is 1. The van der Waals surface area contributed by atoms with Crippen LogP contribution in [0.2, 0.25) is 0 Å². The van der Waals surface area contributed by atoms with Gasteiger partial charge in [0.15, 0.2) is 0 Å². The van der Waals surface area contributed by atoms with Crippen molar-refractivity contribution in [2.24, 2.45) is 0 Å². The molecule has 0 spiro atoms. The molecule has 112 valence electrons. The summed E-state index contributed by atoms with van der Waals surface area (Å²) in [5.74, 6) is -0.388. The normalized spacial score (nSPS) is 11.2. The maximum absolute atomic E-state index is 12.2. The van der Waals surface area contributed by atoms with Crippen LogP contribution in [-0.4, -0.2) is 16.0 Å². The van der Waals surface area contributed by atoms with Crippen molar-refractivity contribution in [2.75, 3.05) is 5.32 Å². The van der Waals surface area contributed by atoms with Gasteiger partial charge in [0.05, 0.1) is 0 Å². The summed E-state index contributed by atoms with van der Waals surface area (Å²) in [6, 6.07) is 15.6. The standard InChI is InChI=1S/C18H13N3O2/c19-10-12(18(23)21-14-5-7-15(22)8-6-14)9-13-11-20-17-4-2-1-3-16(13)17/h1-9,11,20,22H,(H,21,23). The minimum absolute atomic E-state index is 0.00262. The molecule has 2 aromatic carbocycles. The SMILES string of the molecule is N#CC(=Cc1c[nH]c2ccccc12)C(=O)Nc1ccc(O)cc1. The van der Waals surface area contributed by atoms with E-state index in [0.29, 0.717) is 5.69 Å². The van der Waals surface area contributed by atoms with Gasteiger partial charge >= 0.3 is 0 Å². The first kappa shape index (κ1) is 14.4. The molecule has 5 nitrogen and oxygen atoms in total. The molecule has 0 unspecified atom stereocenters. The molecule has 3 rings (SSSR count). The van der Waals surface area contributed by atoms with Crippen LogP contribution in [0.15, 0.2) is 60.3 Å². The van der Waals surface area contributed by atoms with E-state index < -0.39 is 5.91 Å². The smallest absolute Gasteiger partial charge is 0.266 e. The Balaban J connectivity index is 1.88. The predicted octanol–water partition coefficient (Wildman–Crippen LogP) is 3.42. The van der Waals surface area contributed by atoms with Crippen LogP contribution in [0.3, 0.4) is 0 Å². The van der Waals surface area contributed by atoms with Gasteiger partial charge in [-0.2, -0.15) is 5.26 Å². The van der Waals surface area contributed by atoms with E-state index in [1.54, 1.807) is 24.4 Å². The molecule has 23 heavy (non-hydrogen) atoms. The van der Waals surface area contributed by atoms with Crippen molar-refractivity contribution in [3.63, 3.8) is 0 Å². The van der Waals surface area contributed by atoms with E-state index in [4.69, 9.17) is 0 Å². The topological polar surface area (TPSA) is 88.9 Å². The number of rotatable bonds is 3. The lowest BCUT2D eigenvalue weighted by Gasteiger charge is -2.04. The molecular weight excluding hydrogens is 290 g/mol. The number of phenolic OH excluding ortho intramolecular Hbond substituents is 1. The Labute approximate surface area is 132 Å². The van der Waals surface area contributed by atoms with Gasteiger partial charge in [0, 0.05) is 28.4 Å². The van der Waals surface area contributed by atoms with Gasteiger partial charge in [-0.1, -0.05) is 18.2 Å². The fraction of sp³-hybridized carbons (Fsp3) is 0. The molecule has 0 aliphatic rings. The lowest BCUT2D eigenvalue weighted by molar-refractivity contribution is -0.112. The van der Waals surface area contributed by atoms with E-state index in [1.165, 1.54) is 12.1 Å². The van der Waals surface area contributed by atoms with Gasteiger partial charge in [-0.3, -0.25) is 4.79 Å².